The zero-order valence-electron chi connectivity index (χ0n) is 12.1. The number of benzene rings is 1. The summed E-state index contributed by atoms with van der Waals surface area (Å²) in [6.45, 7) is 5.06. The molecule has 0 radical (unpaired) electrons. The first-order valence-electron chi connectivity index (χ1n) is 6.96. The maximum absolute atomic E-state index is 13.0. The SMILES string of the molecule is Cc1ccc(S(=O)(=O)N2CCOC[C@H]2C)c2cccnc12. The summed E-state index contributed by atoms with van der Waals surface area (Å²) in [7, 11) is -3.54. The predicted molar refractivity (Wildman–Crippen MR) is 80.7 cm³/mol. The minimum absolute atomic E-state index is 0.156. The normalized spacial score (nSPS) is 20.8. The first kappa shape index (κ1) is 14.4. The van der Waals surface area contributed by atoms with Crippen LogP contribution in [0.1, 0.15) is 12.5 Å². The van der Waals surface area contributed by atoms with E-state index in [0.29, 0.717) is 30.0 Å². The Balaban J connectivity index is 2.17. The fraction of sp³-hybridized carbons (Fsp3) is 0.400. The molecule has 0 aliphatic carbocycles. The van der Waals surface area contributed by atoms with Gasteiger partial charge in [-0.1, -0.05) is 6.07 Å². The van der Waals surface area contributed by atoms with Gasteiger partial charge in [-0.25, -0.2) is 8.42 Å². The van der Waals surface area contributed by atoms with E-state index in [1.807, 2.05) is 26.0 Å². The van der Waals surface area contributed by atoms with Crippen molar-refractivity contribution in [1.29, 1.82) is 0 Å². The topological polar surface area (TPSA) is 59.5 Å². The summed E-state index contributed by atoms with van der Waals surface area (Å²) >= 11 is 0. The van der Waals surface area contributed by atoms with Crippen molar-refractivity contribution in [2.75, 3.05) is 19.8 Å². The summed E-state index contributed by atoms with van der Waals surface area (Å²) in [6, 6.07) is 6.91. The number of nitrogens with zero attached hydrogens (tertiary/aromatic N) is 2. The van der Waals surface area contributed by atoms with Gasteiger partial charge in [0.05, 0.1) is 23.6 Å². The summed E-state index contributed by atoms with van der Waals surface area (Å²) in [5.41, 5.74) is 1.71. The second-order valence-corrected chi connectivity index (χ2v) is 7.18. The van der Waals surface area contributed by atoms with Crippen molar-refractivity contribution in [3.8, 4) is 0 Å². The van der Waals surface area contributed by atoms with E-state index in [0.717, 1.165) is 11.1 Å². The van der Waals surface area contributed by atoms with Crippen LogP contribution in [0, 0.1) is 6.92 Å². The monoisotopic (exact) mass is 306 g/mol. The van der Waals surface area contributed by atoms with E-state index < -0.39 is 10.0 Å². The number of hydrogen-bond donors (Lipinski definition) is 0. The molecule has 0 amide bonds. The summed E-state index contributed by atoms with van der Waals surface area (Å²) < 4.78 is 32.8. The Morgan fingerprint density at radius 3 is 2.90 bits per heavy atom. The number of sulfonamides is 1. The number of ether oxygens (including phenoxy) is 1. The fourth-order valence-electron chi connectivity index (χ4n) is 2.71. The lowest BCUT2D eigenvalue weighted by Crippen LogP contribution is -2.46. The molecule has 6 heteroatoms. The predicted octanol–water partition coefficient (Wildman–Crippen LogP) is 1.95. The number of fused-ring (bicyclic) bond motifs is 1. The van der Waals surface area contributed by atoms with Crippen molar-refractivity contribution in [3.05, 3.63) is 36.0 Å². The van der Waals surface area contributed by atoms with E-state index >= 15 is 0 Å². The van der Waals surface area contributed by atoms with Crippen molar-refractivity contribution >= 4 is 20.9 Å². The molecule has 21 heavy (non-hydrogen) atoms. The summed E-state index contributed by atoms with van der Waals surface area (Å²) in [6.07, 6.45) is 1.68. The van der Waals surface area contributed by atoms with Crippen LogP contribution in [0.3, 0.4) is 0 Å². The van der Waals surface area contributed by atoms with Crippen LogP contribution in [0.5, 0.6) is 0 Å². The number of aromatic nitrogens is 1. The lowest BCUT2D eigenvalue weighted by Gasteiger charge is -2.32. The van der Waals surface area contributed by atoms with Crippen LogP contribution in [0.2, 0.25) is 0 Å². The maximum Gasteiger partial charge on any atom is 0.244 e. The highest BCUT2D eigenvalue weighted by molar-refractivity contribution is 7.89. The van der Waals surface area contributed by atoms with Crippen molar-refractivity contribution < 1.29 is 13.2 Å². The number of hydrogen-bond acceptors (Lipinski definition) is 4. The Bertz CT molecular complexity index is 774. The number of morpholine rings is 1. The van der Waals surface area contributed by atoms with Gasteiger partial charge < -0.3 is 4.74 Å². The molecule has 2 heterocycles. The molecule has 0 unspecified atom stereocenters. The van der Waals surface area contributed by atoms with E-state index in [4.69, 9.17) is 4.74 Å². The smallest absolute Gasteiger partial charge is 0.244 e. The minimum atomic E-state index is -3.54. The van der Waals surface area contributed by atoms with Crippen LogP contribution in [-0.4, -0.2) is 43.5 Å². The van der Waals surface area contributed by atoms with Crippen LogP contribution >= 0.6 is 0 Å². The standard InChI is InChI=1S/C15H18N2O3S/c1-11-5-6-14(13-4-3-7-16-15(11)13)21(18,19)17-8-9-20-10-12(17)2/h3-7,12H,8-10H2,1-2H3/t12-/m1/s1. The van der Waals surface area contributed by atoms with Crippen molar-refractivity contribution in [2.45, 2.75) is 24.8 Å². The second-order valence-electron chi connectivity index (χ2n) is 5.32. The van der Waals surface area contributed by atoms with Crippen LogP contribution < -0.4 is 0 Å². The lowest BCUT2D eigenvalue weighted by molar-refractivity contribution is 0.0393. The molecule has 1 atom stereocenters. The summed E-state index contributed by atoms with van der Waals surface area (Å²) in [5.74, 6) is 0. The van der Waals surface area contributed by atoms with Crippen molar-refractivity contribution in [2.24, 2.45) is 0 Å². The first-order valence-corrected chi connectivity index (χ1v) is 8.40. The van der Waals surface area contributed by atoms with Gasteiger partial charge in [0.1, 0.15) is 0 Å². The average molecular weight is 306 g/mol. The molecule has 0 spiro atoms. The molecule has 0 N–H and O–H groups in total. The Kier molecular flexibility index (Phi) is 3.69. The molecule has 1 aromatic carbocycles. The summed E-state index contributed by atoms with van der Waals surface area (Å²) in [4.78, 5) is 4.64. The molecule has 1 aromatic heterocycles. The van der Waals surface area contributed by atoms with Crippen molar-refractivity contribution in [1.82, 2.24) is 9.29 Å². The molecule has 3 rings (SSSR count). The largest absolute Gasteiger partial charge is 0.378 e. The average Bonchev–Trinajstić information content (AvgIpc) is 2.48. The van der Waals surface area contributed by atoms with Gasteiger partial charge in [-0.3, -0.25) is 4.98 Å². The molecule has 1 aliphatic heterocycles. The van der Waals surface area contributed by atoms with Crippen LogP contribution in [0.25, 0.3) is 10.9 Å². The van der Waals surface area contributed by atoms with Gasteiger partial charge in [0.2, 0.25) is 10.0 Å². The molecular weight excluding hydrogens is 288 g/mol. The molecule has 5 nitrogen and oxygen atoms in total. The third kappa shape index (κ3) is 2.43. The van der Waals surface area contributed by atoms with Crippen LogP contribution in [0.4, 0.5) is 0 Å². The Labute approximate surface area is 124 Å². The molecular formula is C15H18N2O3S. The molecule has 1 fully saturated rings. The van der Waals surface area contributed by atoms with Gasteiger partial charge in [-0.2, -0.15) is 4.31 Å². The Morgan fingerprint density at radius 2 is 2.14 bits per heavy atom. The molecule has 1 aliphatic rings. The second kappa shape index (κ2) is 5.36. The van der Waals surface area contributed by atoms with E-state index in [2.05, 4.69) is 4.98 Å². The quantitative estimate of drug-likeness (QED) is 0.851. The maximum atomic E-state index is 13.0. The molecule has 112 valence electrons. The Hall–Kier alpha value is -1.50. The third-order valence-corrected chi connectivity index (χ3v) is 5.90. The molecule has 2 aromatic rings. The van der Waals surface area contributed by atoms with Crippen LogP contribution in [-0.2, 0) is 14.8 Å². The number of aryl methyl sites for hydroxylation is 1. The summed E-state index contributed by atoms with van der Waals surface area (Å²) in [5, 5.41) is 0.677. The zero-order chi connectivity index (χ0) is 15.0. The zero-order valence-corrected chi connectivity index (χ0v) is 12.9. The van der Waals surface area contributed by atoms with Gasteiger partial charge >= 0.3 is 0 Å². The van der Waals surface area contributed by atoms with E-state index in [-0.39, 0.29) is 6.04 Å². The van der Waals surface area contributed by atoms with Gasteiger partial charge in [0, 0.05) is 24.2 Å². The van der Waals surface area contributed by atoms with Gasteiger partial charge in [0.15, 0.2) is 0 Å². The first-order chi connectivity index (χ1) is 10.0. The lowest BCUT2D eigenvalue weighted by atomic mass is 10.1. The highest BCUT2D eigenvalue weighted by Gasteiger charge is 2.32. The number of rotatable bonds is 2. The molecule has 0 saturated carbocycles. The Morgan fingerprint density at radius 1 is 1.33 bits per heavy atom. The van der Waals surface area contributed by atoms with E-state index in [9.17, 15) is 8.42 Å². The van der Waals surface area contributed by atoms with Crippen LogP contribution in [0.15, 0.2) is 35.4 Å². The van der Waals surface area contributed by atoms with E-state index in [1.165, 1.54) is 4.31 Å². The van der Waals surface area contributed by atoms with Gasteiger partial charge in [0.25, 0.3) is 0 Å². The highest BCUT2D eigenvalue weighted by Crippen LogP contribution is 2.28. The molecule has 0 bridgehead atoms. The van der Waals surface area contributed by atoms with E-state index in [1.54, 1.807) is 18.3 Å². The highest BCUT2D eigenvalue weighted by atomic mass is 32.2. The van der Waals surface area contributed by atoms with Gasteiger partial charge in [-0.15, -0.1) is 0 Å². The number of pyridine rings is 1. The minimum Gasteiger partial charge on any atom is -0.378 e. The fourth-order valence-corrected chi connectivity index (χ4v) is 4.49. The van der Waals surface area contributed by atoms with Crippen molar-refractivity contribution in [3.63, 3.8) is 0 Å². The van der Waals surface area contributed by atoms with Gasteiger partial charge in [-0.05, 0) is 37.6 Å². The third-order valence-electron chi connectivity index (χ3n) is 3.82. The molecule has 1 saturated heterocycles.